The molecule has 0 saturated carbocycles. The number of carbonyl (C=O) groups excluding carboxylic acids is 1. The minimum atomic E-state index is -4.36. The van der Waals surface area contributed by atoms with Crippen molar-refractivity contribution in [2.45, 2.75) is 31.5 Å². The summed E-state index contributed by atoms with van der Waals surface area (Å²) in [5, 5.41) is 3.15. The van der Waals surface area contributed by atoms with Gasteiger partial charge >= 0.3 is 6.18 Å². The van der Waals surface area contributed by atoms with E-state index in [0.717, 1.165) is 30.0 Å². The Hall–Kier alpha value is -2.77. The Morgan fingerprint density at radius 1 is 1.10 bits per heavy atom. The van der Waals surface area contributed by atoms with E-state index in [2.05, 4.69) is 10.3 Å². The van der Waals surface area contributed by atoms with E-state index < -0.39 is 11.7 Å². The molecule has 2 aliphatic heterocycles. The highest BCUT2D eigenvalue weighted by molar-refractivity contribution is 5.79. The SMILES string of the molecule is O=C(N[C@H]1CCOc2ccccc21)C1CCN(c2ccc(C(F)(F)F)c[nH+]2)CC1. The number of hydrogen-bond acceptors (Lipinski definition) is 3. The average Bonchev–Trinajstić information content (AvgIpc) is 2.73. The molecule has 2 aromatic rings. The third-order valence-electron chi connectivity index (χ3n) is 5.61. The molecule has 1 saturated heterocycles. The van der Waals surface area contributed by atoms with Crippen molar-refractivity contribution in [2.75, 3.05) is 24.6 Å². The molecule has 0 radical (unpaired) electrons. The van der Waals surface area contributed by atoms with Gasteiger partial charge in [0.05, 0.1) is 31.3 Å². The van der Waals surface area contributed by atoms with Gasteiger partial charge in [0.25, 0.3) is 5.82 Å². The van der Waals surface area contributed by atoms with Crippen LogP contribution in [0.15, 0.2) is 42.6 Å². The number of benzene rings is 1. The van der Waals surface area contributed by atoms with E-state index in [1.54, 1.807) is 0 Å². The van der Waals surface area contributed by atoms with E-state index in [4.69, 9.17) is 4.74 Å². The van der Waals surface area contributed by atoms with E-state index in [1.807, 2.05) is 29.2 Å². The van der Waals surface area contributed by atoms with Crippen LogP contribution in [0.25, 0.3) is 0 Å². The summed E-state index contributed by atoms with van der Waals surface area (Å²) in [6, 6.07) is 10.2. The van der Waals surface area contributed by atoms with Gasteiger partial charge in [0.2, 0.25) is 5.91 Å². The summed E-state index contributed by atoms with van der Waals surface area (Å²) in [4.78, 5) is 17.5. The summed E-state index contributed by atoms with van der Waals surface area (Å²) in [6.45, 7) is 1.80. The Balaban J connectivity index is 1.33. The number of hydrogen-bond donors (Lipinski definition) is 1. The van der Waals surface area contributed by atoms with Crippen LogP contribution in [0.1, 0.15) is 36.4 Å². The molecule has 5 nitrogen and oxygen atoms in total. The second-order valence-electron chi connectivity index (χ2n) is 7.46. The van der Waals surface area contributed by atoms with Crippen LogP contribution in [0, 0.1) is 5.92 Å². The van der Waals surface area contributed by atoms with Crippen LogP contribution in [0.5, 0.6) is 5.75 Å². The van der Waals surface area contributed by atoms with Crippen molar-refractivity contribution in [3.63, 3.8) is 0 Å². The van der Waals surface area contributed by atoms with Crippen molar-refractivity contribution in [3.8, 4) is 5.75 Å². The summed E-state index contributed by atoms with van der Waals surface area (Å²) >= 11 is 0. The number of halogens is 3. The Morgan fingerprint density at radius 3 is 2.55 bits per heavy atom. The van der Waals surface area contributed by atoms with Gasteiger partial charge in [-0.05, 0) is 25.0 Å². The quantitative estimate of drug-likeness (QED) is 0.850. The molecule has 0 aliphatic carbocycles. The van der Waals surface area contributed by atoms with Gasteiger partial charge in [-0.2, -0.15) is 13.2 Å². The number of anilines is 1. The van der Waals surface area contributed by atoms with Gasteiger partial charge in [0.1, 0.15) is 11.9 Å². The lowest BCUT2D eigenvalue weighted by atomic mass is 9.94. The topological polar surface area (TPSA) is 55.7 Å². The van der Waals surface area contributed by atoms with Crippen molar-refractivity contribution in [2.24, 2.45) is 5.92 Å². The molecule has 29 heavy (non-hydrogen) atoms. The van der Waals surface area contributed by atoms with Gasteiger partial charge in [-0.25, -0.2) is 4.98 Å². The fourth-order valence-electron chi connectivity index (χ4n) is 3.95. The van der Waals surface area contributed by atoms with Crippen molar-refractivity contribution < 1.29 is 27.7 Å². The highest BCUT2D eigenvalue weighted by atomic mass is 19.4. The number of ether oxygens (including phenoxy) is 1. The molecule has 0 spiro atoms. The van der Waals surface area contributed by atoms with Crippen LogP contribution in [-0.2, 0) is 11.0 Å². The first-order chi connectivity index (χ1) is 13.9. The molecule has 3 heterocycles. The molecule has 1 atom stereocenters. The summed E-state index contributed by atoms with van der Waals surface area (Å²) in [5.41, 5.74) is 0.302. The third kappa shape index (κ3) is 4.31. The van der Waals surface area contributed by atoms with Crippen molar-refractivity contribution in [1.29, 1.82) is 0 Å². The lowest BCUT2D eigenvalue weighted by molar-refractivity contribution is -0.367. The third-order valence-corrected chi connectivity index (χ3v) is 5.61. The first-order valence-electron chi connectivity index (χ1n) is 9.78. The number of rotatable bonds is 3. The number of pyridine rings is 1. The number of carbonyl (C=O) groups is 1. The zero-order valence-corrected chi connectivity index (χ0v) is 15.8. The van der Waals surface area contributed by atoms with E-state index in [-0.39, 0.29) is 17.9 Å². The normalized spacial score (nSPS) is 20.0. The molecule has 2 N–H and O–H groups in total. The summed E-state index contributed by atoms with van der Waals surface area (Å²) in [7, 11) is 0. The van der Waals surface area contributed by atoms with Crippen molar-refractivity contribution in [3.05, 3.63) is 53.7 Å². The molecule has 1 aromatic carbocycles. The van der Waals surface area contributed by atoms with E-state index >= 15 is 0 Å². The van der Waals surface area contributed by atoms with E-state index in [1.165, 1.54) is 6.07 Å². The minimum absolute atomic E-state index is 0.0303. The van der Waals surface area contributed by atoms with Crippen molar-refractivity contribution in [1.82, 2.24) is 5.32 Å². The van der Waals surface area contributed by atoms with Crippen LogP contribution in [-0.4, -0.2) is 25.6 Å². The number of nitrogens with one attached hydrogen (secondary N) is 2. The Bertz CT molecular complexity index is 862. The van der Waals surface area contributed by atoms with Crippen LogP contribution in [0.2, 0.25) is 0 Å². The number of amides is 1. The van der Waals surface area contributed by atoms with Gasteiger partial charge in [-0.3, -0.25) is 9.69 Å². The number of aromatic nitrogens is 1. The fraction of sp³-hybridized carbons (Fsp3) is 0.429. The average molecular weight is 406 g/mol. The summed E-state index contributed by atoms with van der Waals surface area (Å²) < 4.78 is 43.7. The largest absolute Gasteiger partial charge is 0.493 e. The molecule has 4 rings (SSSR count). The molecule has 2 aliphatic rings. The maximum Gasteiger partial charge on any atom is 0.419 e. The predicted molar refractivity (Wildman–Crippen MR) is 100 cm³/mol. The second kappa shape index (κ2) is 7.93. The Labute approximate surface area is 166 Å². The predicted octanol–water partition coefficient (Wildman–Crippen LogP) is 3.38. The van der Waals surface area contributed by atoms with Gasteiger partial charge in [-0.1, -0.05) is 18.2 Å². The number of H-pyrrole nitrogens is 1. The monoisotopic (exact) mass is 406 g/mol. The van der Waals surface area contributed by atoms with Crippen LogP contribution in [0.4, 0.5) is 19.0 Å². The van der Waals surface area contributed by atoms with Crippen LogP contribution in [0.3, 0.4) is 0 Å². The molecule has 1 fully saturated rings. The number of aromatic amines is 1. The van der Waals surface area contributed by atoms with Crippen molar-refractivity contribution >= 4 is 11.7 Å². The molecule has 154 valence electrons. The maximum absolute atomic E-state index is 12.8. The molecule has 0 bridgehead atoms. The molecule has 1 amide bonds. The number of alkyl halides is 3. The van der Waals surface area contributed by atoms with Crippen LogP contribution >= 0.6 is 0 Å². The number of piperidine rings is 1. The van der Waals surface area contributed by atoms with Gasteiger partial charge in [0.15, 0.2) is 0 Å². The van der Waals surface area contributed by atoms with Gasteiger partial charge in [0, 0.05) is 24.0 Å². The highest BCUT2D eigenvalue weighted by Gasteiger charge is 2.34. The lowest BCUT2D eigenvalue weighted by Crippen LogP contribution is -2.43. The standard InChI is InChI=1S/C21H22F3N3O2/c22-21(23,24)15-5-6-19(25-13-15)27-10-7-14(8-11-27)20(28)26-17-9-12-29-18-4-2-1-3-16(17)18/h1-6,13-14,17H,7-12H2,(H,26,28)/p+1/t17-/m0/s1. The summed E-state index contributed by atoms with van der Waals surface area (Å²) in [6.07, 6.45) is -1.32. The van der Waals surface area contributed by atoms with E-state index in [9.17, 15) is 18.0 Å². The smallest absolute Gasteiger partial charge is 0.419 e. The van der Waals surface area contributed by atoms with Crippen LogP contribution < -0.4 is 19.9 Å². The van der Waals surface area contributed by atoms with Gasteiger partial charge < -0.3 is 10.1 Å². The number of para-hydroxylation sites is 1. The zero-order valence-electron chi connectivity index (χ0n) is 15.8. The minimum Gasteiger partial charge on any atom is -0.493 e. The number of fused-ring (bicyclic) bond motifs is 1. The zero-order chi connectivity index (χ0) is 20.4. The molecule has 0 unspecified atom stereocenters. The molecule has 1 aromatic heterocycles. The molecule has 8 heteroatoms. The fourth-order valence-corrected chi connectivity index (χ4v) is 3.95. The lowest BCUT2D eigenvalue weighted by Gasteiger charge is -2.30. The number of nitrogens with zero attached hydrogens (tertiary/aromatic N) is 1. The Morgan fingerprint density at radius 2 is 1.86 bits per heavy atom. The first kappa shape index (κ1) is 19.5. The van der Waals surface area contributed by atoms with E-state index in [0.29, 0.717) is 38.4 Å². The Kier molecular flexibility index (Phi) is 5.34. The molecular weight excluding hydrogens is 383 g/mol. The summed E-state index contributed by atoms with van der Waals surface area (Å²) in [5.74, 6) is 1.38. The maximum atomic E-state index is 12.8. The molecular formula is C21H23F3N3O2+. The first-order valence-corrected chi connectivity index (χ1v) is 9.78. The highest BCUT2D eigenvalue weighted by Crippen LogP contribution is 2.32. The van der Waals surface area contributed by atoms with Gasteiger partial charge in [-0.15, -0.1) is 0 Å². The second-order valence-corrected chi connectivity index (χ2v) is 7.46.